The van der Waals surface area contributed by atoms with Gasteiger partial charge in [0, 0.05) is 18.1 Å². The van der Waals surface area contributed by atoms with E-state index in [0.717, 1.165) is 18.1 Å². The number of benzene rings is 1. The molecule has 0 saturated heterocycles. The van der Waals surface area contributed by atoms with Gasteiger partial charge in [-0.15, -0.1) is 0 Å². The first kappa shape index (κ1) is 10.4. The second kappa shape index (κ2) is 6.75. The van der Waals surface area contributed by atoms with E-state index in [4.69, 9.17) is 5.73 Å². The van der Waals surface area contributed by atoms with Crippen molar-refractivity contribution in [1.29, 1.82) is 0 Å². The second-order valence-corrected chi connectivity index (χ2v) is 3.83. The lowest BCUT2D eigenvalue weighted by Gasteiger charge is -1.93. The van der Waals surface area contributed by atoms with Crippen LogP contribution in [0.5, 0.6) is 0 Å². The van der Waals surface area contributed by atoms with E-state index >= 15 is 0 Å². The minimum atomic E-state index is 0.768. The summed E-state index contributed by atoms with van der Waals surface area (Å²) in [7, 11) is 0. The molecule has 0 aliphatic heterocycles. The summed E-state index contributed by atoms with van der Waals surface area (Å²) in [4.78, 5) is 0. The van der Waals surface area contributed by atoms with Gasteiger partial charge >= 0.3 is 0 Å². The lowest BCUT2D eigenvalue weighted by atomic mass is 10.2. The fourth-order valence-corrected chi connectivity index (χ4v) is 1.55. The Morgan fingerprint density at radius 1 is 1.23 bits per heavy atom. The van der Waals surface area contributed by atoms with Gasteiger partial charge in [0.05, 0.1) is 0 Å². The van der Waals surface area contributed by atoms with Crippen molar-refractivity contribution in [1.82, 2.24) is 0 Å². The summed E-state index contributed by atoms with van der Waals surface area (Å²) in [6.07, 6.45) is 4.32. The Morgan fingerprint density at radius 3 is 2.69 bits per heavy atom. The topological polar surface area (TPSA) is 26.0 Å². The van der Waals surface area contributed by atoms with Gasteiger partial charge in [-0.1, -0.05) is 42.5 Å². The van der Waals surface area contributed by atoms with Gasteiger partial charge < -0.3 is 5.73 Å². The maximum Gasteiger partial charge on any atom is 0.0117 e. The Hall–Kier alpha value is -0.730. The highest BCUT2D eigenvalue weighted by Gasteiger charge is 1.83. The fraction of sp³-hybridized carbons (Fsp3) is 0.273. The van der Waals surface area contributed by atoms with E-state index < -0.39 is 0 Å². The van der Waals surface area contributed by atoms with Crippen molar-refractivity contribution in [3.05, 3.63) is 42.0 Å². The fourth-order valence-electron chi connectivity index (χ4n) is 0.983. The standard InChI is InChI=1S/C11H15NS/c12-8-10-13-9-4-7-11-5-2-1-3-6-11/h1-7H,8-10,12H2/b7-4+. The summed E-state index contributed by atoms with van der Waals surface area (Å²) in [5.74, 6) is 2.09. The van der Waals surface area contributed by atoms with Crippen LogP contribution in [0.25, 0.3) is 6.08 Å². The molecule has 0 spiro atoms. The van der Waals surface area contributed by atoms with Gasteiger partial charge in [0.25, 0.3) is 0 Å². The summed E-state index contributed by atoms with van der Waals surface area (Å²) < 4.78 is 0. The maximum atomic E-state index is 5.38. The summed E-state index contributed by atoms with van der Waals surface area (Å²) >= 11 is 1.86. The number of nitrogens with two attached hydrogens (primary N) is 1. The lowest BCUT2D eigenvalue weighted by Crippen LogP contribution is -2.01. The third-order valence-corrected chi connectivity index (χ3v) is 2.54. The zero-order valence-corrected chi connectivity index (χ0v) is 8.46. The normalized spacial score (nSPS) is 10.8. The van der Waals surface area contributed by atoms with Crippen LogP contribution in [0.15, 0.2) is 36.4 Å². The molecule has 0 saturated carbocycles. The van der Waals surface area contributed by atoms with Crippen molar-refractivity contribution in [2.24, 2.45) is 5.73 Å². The average molecular weight is 193 g/mol. The van der Waals surface area contributed by atoms with Crippen LogP contribution in [-0.4, -0.2) is 18.1 Å². The van der Waals surface area contributed by atoms with Crippen molar-refractivity contribution >= 4 is 17.8 Å². The summed E-state index contributed by atoms with van der Waals surface area (Å²) in [5, 5.41) is 0. The first-order valence-corrected chi connectivity index (χ1v) is 5.58. The zero-order valence-electron chi connectivity index (χ0n) is 7.65. The van der Waals surface area contributed by atoms with Gasteiger partial charge in [0.15, 0.2) is 0 Å². The predicted octanol–water partition coefficient (Wildman–Crippen LogP) is 2.39. The van der Waals surface area contributed by atoms with Crippen molar-refractivity contribution in [2.45, 2.75) is 0 Å². The summed E-state index contributed by atoms with van der Waals surface area (Å²) in [6, 6.07) is 10.3. The Balaban J connectivity index is 2.25. The van der Waals surface area contributed by atoms with Gasteiger partial charge in [0.1, 0.15) is 0 Å². The van der Waals surface area contributed by atoms with Crippen LogP contribution in [0.2, 0.25) is 0 Å². The Labute approximate surface area is 84.0 Å². The molecular formula is C11H15NS. The molecule has 70 valence electrons. The summed E-state index contributed by atoms with van der Waals surface area (Å²) in [5.41, 5.74) is 6.64. The minimum absolute atomic E-state index is 0.768. The van der Waals surface area contributed by atoms with Crippen LogP contribution >= 0.6 is 11.8 Å². The second-order valence-electron chi connectivity index (χ2n) is 2.68. The molecule has 0 aliphatic carbocycles. The minimum Gasteiger partial charge on any atom is -0.330 e. The first-order chi connectivity index (χ1) is 6.43. The molecule has 13 heavy (non-hydrogen) atoms. The molecule has 2 heteroatoms. The average Bonchev–Trinajstić information content (AvgIpc) is 2.19. The number of hydrogen-bond donors (Lipinski definition) is 1. The Morgan fingerprint density at radius 2 is 2.00 bits per heavy atom. The van der Waals surface area contributed by atoms with Gasteiger partial charge in [-0.2, -0.15) is 11.8 Å². The third kappa shape index (κ3) is 4.76. The largest absolute Gasteiger partial charge is 0.330 e. The van der Waals surface area contributed by atoms with Gasteiger partial charge in [-0.3, -0.25) is 0 Å². The van der Waals surface area contributed by atoms with Crippen LogP contribution in [0.4, 0.5) is 0 Å². The van der Waals surface area contributed by atoms with Crippen molar-refractivity contribution in [3.8, 4) is 0 Å². The van der Waals surface area contributed by atoms with E-state index in [-0.39, 0.29) is 0 Å². The van der Waals surface area contributed by atoms with Crippen LogP contribution in [0.1, 0.15) is 5.56 Å². The molecule has 1 aromatic rings. The smallest absolute Gasteiger partial charge is 0.0117 e. The van der Waals surface area contributed by atoms with Crippen molar-refractivity contribution < 1.29 is 0 Å². The molecule has 1 aromatic carbocycles. The predicted molar refractivity (Wildman–Crippen MR) is 61.9 cm³/mol. The highest BCUT2D eigenvalue weighted by molar-refractivity contribution is 7.99. The van der Waals surface area contributed by atoms with Crippen molar-refractivity contribution in [2.75, 3.05) is 18.1 Å². The van der Waals surface area contributed by atoms with Crippen LogP contribution in [0, 0.1) is 0 Å². The van der Waals surface area contributed by atoms with E-state index in [1.807, 2.05) is 30.0 Å². The maximum absolute atomic E-state index is 5.38. The highest BCUT2D eigenvalue weighted by atomic mass is 32.2. The van der Waals surface area contributed by atoms with Gasteiger partial charge in [-0.25, -0.2) is 0 Å². The molecule has 0 radical (unpaired) electrons. The Kier molecular flexibility index (Phi) is 5.38. The van der Waals surface area contributed by atoms with E-state index in [0.29, 0.717) is 0 Å². The molecule has 2 N–H and O–H groups in total. The molecular weight excluding hydrogens is 178 g/mol. The SMILES string of the molecule is NCCSC/C=C/c1ccccc1. The molecule has 0 aromatic heterocycles. The molecule has 0 atom stereocenters. The molecule has 0 bridgehead atoms. The van der Waals surface area contributed by atoms with Crippen LogP contribution in [-0.2, 0) is 0 Å². The van der Waals surface area contributed by atoms with Gasteiger partial charge in [0.2, 0.25) is 0 Å². The molecule has 0 fully saturated rings. The van der Waals surface area contributed by atoms with Gasteiger partial charge in [-0.05, 0) is 5.56 Å². The summed E-state index contributed by atoms with van der Waals surface area (Å²) in [6.45, 7) is 0.768. The van der Waals surface area contributed by atoms with E-state index in [1.165, 1.54) is 5.56 Å². The van der Waals surface area contributed by atoms with Crippen LogP contribution in [0.3, 0.4) is 0 Å². The zero-order chi connectivity index (χ0) is 9.36. The molecule has 0 amide bonds. The first-order valence-electron chi connectivity index (χ1n) is 4.43. The monoisotopic (exact) mass is 193 g/mol. The number of rotatable bonds is 5. The van der Waals surface area contributed by atoms with E-state index in [1.54, 1.807) is 0 Å². The number of hydrogen-bond acceptors (Lipinski definition) is 2. The lowest BCUT2D eigenvalue weighted by molar-refractivity contribution is 1.15. The highest BCUT2D eigenvalue weighted by Crippen LogP contribution is 2.03. The Bertz CT molecular complexity index is 244. The third-order valence-electron chi connectivity index (χ3n) is 1.59. The molecule has 0 aliphatic rings. The molecule has 1 nitrogen and oxygen atoms in total. The quantitative estimate of drug-likeness (QED) is 0.727. The molecule has 0 heterocycles. The van der Waals surface area contributed by atoms with Crippen molar-refractivity contribution in [3.63, 3.8) is 0 Å². The van der Waals surface area contributed by atoms with Crippen LogP contribution < -0.4 is 5.73 Å². The van der Waals surface area contributed by atoms with E-state index in [9.17, 15) is 0 Å². The van der Waals surface area contributed by atoms with E-state index in [2.05, 4.69) is 24.3 Å². The molecule has 0 unspecified atom stereocenters. The molecule has 1 rings (SSSR count). The number of thioether (sulfide) groups is 1.